The molecule has 1 aromatic rings. The number of hydrogen-bond donors (Lipinski definition) is 2. The monoisotopic (exact) mass is 234 g/mol. The van der Waals surface area contributed by atoms with E-state index in [0.29, 0.717) is 17.6 Å². The third-order valence-corrected chi connectivity index (χ3v) is 2.93. The van der Waals surface area contributed by atoms with Crippen LogP contribution in [0.15, 0.2) is 12.4 Å². The van der Waals surface area contributed by atoms with E-state index in [-0.39, 0.29) is 5.91 Å². The Balaban J connectivity index is 1.96. The lowest BCUT2D eigenvalue weighted by atomic mass is 9.82. The number of carbonyl (C=O) groups excluding carboxylic acids is 1. The Bertz CT molecular complexity index is 401. The van der Waals surface area contributed by atoms with Gasteiger partial charge < -0.3 is 10.6 Å². The third kappa shape index (κ3) is 2.93. The number of aromatic nitrogens is 2. The molecule has 0 aliphatic heterocycles. The summed E-state index contributed by atoms with van der Waals surface area (Å²) in [7, 11) is 0. The van der Waals surface area contributed by atoms with Gasteiger partial charge in [-0.1, -0.05) is 6.92 Å². The number of hydrogen-bond acceptors (Lipinski definition) is 4. The molecule has 5 nitrogen and oxygen atoms in total. The average Bonchev–Trinajstić information content (AvgIpc) is 2.28. The molecule has 0 aromatic carbocycles. The molecule has 1 amide bonds. The summed E-state index contributed by atoms with van der Waals surface area (Å²) < 4.78 is 0. The molecule has 92 valence electrons. The lowest BCUT2D eigenvalue weighted by molar-refractivity contribution is 0.0890. The first-order chi connectivity index (χ1) is 8.19. The van der Waals surface area contributed by atoms with Crippen molar-refractivity contribution in [3.63, 3.8) is 0 Å². The van der Waals surface area contributed by atoms with Crippen LogP contribution in [0.3, 0.4) is 0 Å². The Morgan fingerprint density at radius 3 is 2.88 bits per heavy atom. The molecule has 2 rings (SSSR count). The van der Waals surface area contributed by atoms with Crippen molar-refractivity contribution < 1.29 is 4.79 Å². The van der Waals surface area contributed by atoms with Crippen LogP contribution >= 0.6 is 0 Å². The Hall–Kier alpha value is -1.65. The van der Waals surface area contributed by atoms with Crippen LogP contribution in [0.25, 0.3) is 0 Å². The summed E-state index contributed by atoms with van der Waals surface area (Å²) >= 11 is 0. The van der Waals surface area contributed by atoms with Crippen LogP contribution in [0, 0.1) is 5.92 Å². The van der Waals surface area contributed by atoms with Crippen LogP contribution in [0.5, 0.6) is 0 Å². The predicted octanol–water partition coefficient (Wildman–Crippen LogP) is 1.44. The zero-order valence-corrected chi connectivity index (χ0v) is 10.2. The van der Waals surface area contributed by atoms with Crippen LogP contribution in [0.2, 0.25) is 0 Å². The minimum Gasteiger partial charge on any atom is -0.369 e. The SMILES string of the molecule is CCNc1cncc(C(=O)NC2CC(C)C2)n1. The summed E-state index contributed by atoms with van der Waals surface area (Å²) in [5.74, 6) is 1.23. The van der Waals surface area contributed by atoms with E-state index >= 15 is 0 Å². The van der Waals surface area contributed by atoms with E-state index in [2.05, 4.69) is 27.5 Å². The van der Waals surface area contributed by atoms with Gasteiger partial charge in [0.05, 0.1) is 12.4 Å². The van der Waals surface area contributed by atoms with Gasteiger partial charge in [0.1, 0.15) is 11.5 Å². The molecule has 0 unspecified atom stereocenters. The van der Waals surface area contributed by atoms with Gasteiger partial charge in [-0.3, -0.25) is 9.78 Å². The van der Waals surface area contributed by atoms with Gasteiger partial charge in [0.25, 0.3) is 5.91 Å². The van der Waals surface area contributed by atoms with Crippen molar-refractivity contribution in [3.8, 4) is 0 Å². The average molecular weight is 234 g/mol. The van der Waals surface area contributed by atoms with E-state index in [1.165, 1.54) is 6.20 Å². The van der Waals surface area contributed by atoms with Crippen molar-refractivity contribution in [2.75, 3.05) is 11.9 Å². The van der Waals surface area contributed by atoms with E-state index in [9.17, 15) is 4.79 Å². The molecule has 1 aromatic heterocycles. The summed E-state index contributed by atoms with van der Waals surface area (Å²) in [5, 5.41) is 6.00. The first-order valence-electron chi connectivity index (χ1n) is 6.05. The van der Waals surface area contributed by atoms with Gasteiger partial charge in [-0.05, 0) is 25.7 Å². The zero-order valence-electron chi connectivity index (χ0n) is 10.2. The van der Waals surface area contributed by atoms with Crippen LogP contribution in [0.4, 0.5) is 5.82 Å². The molecule has 1 heterocycles. The normalized spacial score (nSPS) is 22.7. The smallest absolute Gasteiger partial charge is 0.271 e. The van der Waals surface area contributed by atoms with Gasteiger partial charge in [-0.25, -0.2) is 4.98 Å². The zero-order chi connectivity index (χ0) is 12.3. The quantitative estimate of drug-likeness (QED) is 0.827. The van der Waals surface area contributed by atoms with Crippen molar-refractivity contribution in [2.24, 2.45) is 5.92 Å². The highest BCUT2D eigenvalue weighted by molar-refractivity contribution is 5.92. The summed E-state index contributed by atoms with van der Waals surface area (Å²) in [6.45, 7) is 4.93. The number of nitrogens with zero attached hydrogens (tertiary/aromatic N) is 2. The highest BCUT2D eigenvalue weighted by Crippen LogP contribution is 2.26. The van der Waals surface area contributed by atoms with Gasteiger partial charge in [-0.2, -0.15) is 0 Å². The highest BCUT2D eigenvalue weighted by atomic mass is 16.2. The maximum atomic E-state index is 11.9. The molecule has 0 spiro atoms. The molecule has 1 aliphatic carbocycles. The maximum absolute atomic E-state index is 11.9. The Kier molecular flexibility index (Phi) is 3.56. The van der Waals surface area contributed by atoms with Gasteiger partial charge in [0.2, 0.25) is 0 Å². The van der Waals surface area contributed by atoms with E-state index < -0.39 is 0 Å². The summed E-state index contributed by atoms with van der Waals surface area (Å²) in [6.07, 6.45) is 5.24. The van der Waals surface area contributed by atoms with Gasteiger partial charge >= 0.3 is 0 Å². The molecule has 2 N–H and O–H groups in total. The van der Waals surface area contributed by atoms with E-state index in [1.807, 2.05) is 6.92 Å². The molecular formula is C12H18N4O. The van der Waals surface area contributed by atoms with Crippen LogP contribution in [-0.2, 0) is 0 Å². The van der Waals surface area contributed by atoms with Gasteiger partial charge in [0.15, 0.2) is 0 Å². The van der Waals surface area contributed by atoms with Crippen LogP contribution in [-0.4, -0.2) is 28.5 Å². The Labute approximate surface area is 101 Å². The lowest BCUT2D eigenvalue weighted by Gasteiger charge is -2.33. The molecule has 1 aliphatic rings. The van der Waals surface area contributed by atoms with E-state index in [1.54, 1.807) is 6.20 Å². The summed E-state index contributed by atoms with van der Waals surface area (Å²) in [4.78, 5) is 20.1. The first kappa shape index (κ1) is 11.8. The number of carbonyl (C=O) groups is 1. The molecule has 1 fully saturated rings. The number of anilines is 1. The second kappa shape index (κ2) is 5.12. The predicted molar refractivity (Wildman–Crippen MR) is 65.8 cm³/mol. The first-order valence-corrected chi connectivity index (χ1v) is 6.05. The van der Waals surface area contributed by atoms with Crippen molar-refractivity contribution in [2.45, 2.75) is 32.7 Å². The maximum Gasteiger partial charge on any atom is 0.271 e. The van der Waals surface area contributed by atoms with E-state index in [0.717, 1.165) is 25.3 Å². The minimum absolute atomic E-state index is 0.130. The second-order valence-corrected chi connectivity index (χ2v) is 4.57. The van der Waals surface area contributed by atoms with Crippen molar-refractivity contribution >= 4 is 11.7 Å². The van der Waals surface area contributed by atoms with Crippen LogP contribution in [0.1, 0.15) is 37.2 Å². The third-order valence-electron chi connectivity index (χ3n) is 2.93. The van der Waals surface area contributed by atoms with Gasteiger partial charge in [0, 0.05) is 12.6 Å². The second-order valence-electron chi connectivity index (χ2n) is 4.57. The fourth-order valence-electron chi connectivity index (χ4n) is 2.02. The molecular weight excluding hydrogens is 216 g/mol. The lowest BCUT2D eigenvalue weighted by Crippen LogP contribution is -2.43. The van der Waals surface area contributed by atoms with Gasteiger partial charge in [-0.15, -0.1) is 0 Å². The number of rotatable bonds is 4. The fourth-order valence-corrected chi connectivity index (χ4v) is 2.02. The molecule has 0 radical (unpaired) electrons. The fraction of sp³-hybridized carbons (Fsp3) is 0.583. The Morgan fingerprint density at radius 1 is 1.47 bits per heavy atom. The number of amides is 1. The molecule has 0 atom stereocenters. The largest absolute Gasteiger partial charge is 0.369 e. The van der Waals surface area contributed by atoms with Crippen LogP contribution < -0.4 is 10.6 Å². The summed E-state index contributed by atoms with van der Waals surface area (Å²) in [6, 6.07) is 0.307. The Morgan fingerprint density at radius 2 is 2.24 bits per heavy atom. The van der Waals surface area contributed by atoms with Crippen molar-refractivity contribution in [3.05, 3.63) is 18.1 Å². The molecule has 5 heteroatoms. The van der Waals surface area contributed by atoms with Crippen molar-refractivity contribution in [1.82, 2.24) is 15.3 Å². The minimum atomic E-state index is -0.130. The molecule has 0 saturated heterocycles. The van der Waals surface area contributed by atoms with E-state index in [4.69, 9.17) is 0 Å². The summed E-state index contributed by atoms with van der Waals surface area (Å²) in [5.41, 5.74) is 0.378. The molecule has 1 saturated carbocycles. The highest BCUT2D eigenvalue weighted by Gasteiger charge is 2.27. The van der Waals surface area contributed by atoms with Crippen molar-refractivity contribution in [1.29, 1.82) is 0 Å². The molecule has 0 bridgehead atoms. The topological polar surface area (TPSA) is 66.9 Å². The number of nitrogens with one attached hydrogen (secondary N) is 2. The molecule has 17 heavy (non-hydrogen) atoms. The standard InChI is InChI=1S/C12H18N4O/c1-3-14-11-7-13-6-10(16-11)12(17)15-9-4-8(2)5-9/h6-9H,3-5H2,1-2H3,(H,14,16)(H,15,17).